The first-order chi connectivity index (χ1) is 13.2. The maximum atomic E-state index is 13.0. The third kappa shape index (κ3) is 3.61. The van der Waals surface area contributed by atoms with Crippen molar-refractivity contribution < 1.29 is 9.21 Å². The molecule has 27 heavy (non-hydrogen) atoms. The van der Waals surface area contributed by atoms with Gasteiger partial charge in [0.25, 0.3) is 5.91 Å². The van der Waals surface area contributed by atoms with Crippen molar-refractivity contribution in [3.8, 4) is 11.4 Å². The molecular weight excluding hydrogens is 364 g/mol. The minimum atomic E-state index is -0.364. The fraction of sp³-hybridized carbons (Fsp3) is 0.0500. The minimum absolute atomic E-state index is 0.315. The van der Waals surface area contributed by atoms with Gasteiger partial charge in [-0.2, -0.15) is 9.67 Å². The van der Waals surface area contributed by atoms with Gasteiger partial charge >= 0.3 is 0 Å². The molecular formula is C20H15ClN4O2. The molecule has 2 heterocycles. The number of hydrogen-bond donors (Lipinski definition) is 1. The number of carbonyl (C=O) groups is 1. The standard InChI is InChI=1S/C20H15ClN4O2/c21-17-11-5-4-10-16(17)19(26)25-20(22-13-15-9-6-12-27-15)23-18(24-25)14-7-2-1-3-8-14/h1-12H,13H2,(H,22,23,24). The topological polar surface area (TPSA) is 73.0 Å². The summed E-state index contributed by atoms with van der Waals surface area (Å²) in [6.07, 6.45) is 1.59. The molecule has 0 radical (unpaired) electrons. The van der Waals surface area contributed by atoms with E-state index in [2.05, 4.69) is 15.4 Å². The maximum Gasteiger partial charge on any atom is 0.282 e. The van der Waals surface area contributed by atoms with Crippen LogP contribution in [0.2, 0.25) is 5.02 Å². The van der Waals surface area contributed by atoms with Gasteiger partial charge in [0, 0.05) is 5.56 Å². The van der Waals surface area contributed by atoms with Crippen LogP contribution in [0.5, 0.6) is 0 Å². The number of halogens is 1. The van der Waals surface area contributed by atoms with Crippen molar-refractivity contribution >= 4 is 23.5 Å². The highest BCUT2D eigenvalue weighted by atomic mass is 35.5. The molecule has 0 aliphatic heterocycles. The third-order valence-electron chi connectivity index (χ3n) is 3.94. The Labute approximate surface area is 160 Å². The van der Waals surface area contributed by atoms with Crippen molar-refractivity contribution in [2.75, 3.05) is 5.32 Å². The van der Waals surface area contributed by atoms with E-state index in [1.807, 2.05) is 36.4 Å². The normalized spacial score (nSPS) is 10.7. The summed E-state index contributed by atoms with van der Waals surface area (Å²) in [5.41, 5.74) is 1.16. The van der Waals surface area contributed by atoms with E-state index < -0.39 is 0 Å². The second-order valence-electron chi connectivity index (χ2n) is 5.75. The van der Waals surface area contributed by atoms with Crippen LogP contribution >= 0.6 is 11.6 Å². The summed E-state index contributed by atoms with van der Waals surface area (Å²) < 4.78 is 6.55. The smallest absolute Gasteiger partial charge is 0.282 e. The van der Waals surface area contributed by atoms with Gasteiger partial charge in [-0.25, -0.2) is 0 Å². The number of nitrogens with one attached hydrogen (secondary N) is 1. The van der Waals surface area contributed by atoms with E-state index in [1.165, 1.54) is 4.68 Å². The molecule has 0 amide bonds. The number of anilines is 1. The van der Waals surface area contributed by atoms with Crippen molar-refractivity contribution in [2.24, 2.45) is 0 Å². The number of aromatic nitrogens is 3. The molecule has 1 N–H and O–H groups in total. The molecule has 4 rings (SSSR count). The van der Waals surface area contributed by atoms with Crippen LogP contribution in [0.25, 0.3) is 11.4 Å². The third-order valence-corrected chi connectivity index (χ3v) is 4.27. The summed E-state index contributed by atoms with van der Waals surface area (Å²) in [6.45, 7) is 0.371. The predicted octanol–water partition coefficient (Wildman–Crippen LogP) is 4.49. The van der Waals surface area contributed by atoms with Crippen molar-refractivity contribution in [3.63, 3.8) is 0 Å². The zero-order valence-corrected chi connectivity index (χ0v) is 14.9. The van der Waals surface area contributed by atoms with E-state index in [9.17, 15) is 4.79 Å². The predicted molar refractivity (Wildman–Crippen MR) is 103 cm³/mol. The van der Waals surface area contributed by atoms with Crippen LogP contribution in [0.15, 0.2) is 77.4 Å². The molecule has 0 spiro atoms. The van der Waals surface area contributed by atoms with Gasteiger partial charge in [-0.05, 0) is 24.3 Å². The van der Waals surface area contributed by atoms with E-state index in [0.717, 1.165) is 11.3 Å². The van der Waals surface area contributed by atoms with Gasteiger partial charge < -0.3 is 9.73 Å². The average molecular weight is 379 g/mol. The molecule has 0 atom stereocenters. The van der Waals surface area contributed by atoms with Crippen molar-refractivity contribution in [1.82, 2.24) is 14.8 Å². The minimum Gasteiger partial charge on any atom is -0.467 e. The Morgan fingerprint density at radius 3 is 2.56 bits per heavy atom. The van der Waals surface area contributed by atoms with Crippen LogP contribution in [-0.4, -0.2) is 20.7 Å². The molecule has 0 fully saturated rings. The molecule has 134 valence electrons. The number of nitrogens with zero attached hydrogens (tertiary/aromatic N) is 3. The first-order valence-electron chi connectivity index (χ1n) is 8.30. The van der Waals surface area contributed by atoms with Gasteiger partial charge in [-0.3, -0.25) is 4.79 Å². The lowest BCUT2D eigenvalue weighted by Gasteiger charge is -2.07. The average Bonchev–Trinajstić information content (AvgIpc) is 3.37. The fourth-order valence-electron chi connectivity index (χ4n) is 2.61. The van der Waals surface area contributed by atoms with Crippen molar-refractivity contribution in [1.29, 1.82) is 0 Å². The summed E-state index contributed by atoms with van der Waals surface area (Å²) in [7, 11) is 0. The highest BCUT2D eigenvalue weighted by molar-refractivity contribution is 6.33. The van der Waals surface area contributed by atoms with Crippen molar-refractivity contribution in [3.05, 3.63) is 89.3 Å². The Morgan fingerprint density at radius 2 is 1.81 bits per heavy atom. The van der Waals surface area contributed by atoms with Gasteiger partial charge in [-0.15, -0.1) is 5.10 Å². The Hall–Kier alpha value is -3.38. The number of rotatable bonds is 5. The summed E-state index contributed by atoms with van der Waals surface area (Å²) in [5.74, 6) is 1.11. The van der Waals surface area contributed by atoms with Crippen LogP contribution in [0, 0.1) is 0 Å². The van der Waals surface area contributed by atoms with E-state index in [1.54, 1.807) is 36.6 Å². The van der Waals surface area contributed by atoms with Crippen LogP contribution in [0.3, 0.4) is 0 Å². The summed E-state index contributed by atoms with van der Waals surface area (Å²) in [5, 5.41) is 7.87. The maximum absolute atomic E-state index is 13.0. The van der Waals surface area contributed by atoms with Gasteiger partial charge in [0.2, 0.25) is 5.95 Å². The quantitative estimate of drug-likeness (QED) is 0.553. The lowest BCUT2D eigenvalue weighted by Crippen LogP contribution is -2.17. The largest absolute Gasteiger partial charge is 0.467 e. The molecule has 7 heteroatoms. The Morgan fingerprint density at radius 1 is 1.04 bits per heavy atom. The zero-order chi connectivity index (χ0) is 18.6. The molecule has 0 unspecified atom stereocenters. The van der Waals surface area contributed by atoms with Gasteiger partial charge in [0.05, 0.1) is 23.4 Å². The van der Waals surface area contributed by atoms with Gasteiger partial charge in [-0.1, -0.05) is 54.1 Å². The van der Waals surface area contributed by atoms with Crippen LogP contribution < -0.4 is 5.32 Å². The number of furan rings is 1. The summed E-state index contributed by atoms with van der Waals surface area (Å²) in [6, 6.07) is 19.9. The summed E-state index contributed by atoms with van der Waals surface area (Å²) in [4.78, 5) is 17.5. The number of benzene rings is 2. The monoisotopic (exact) mass is 378 g/mol. The van der Waals surface area contributed by atoms with Crippen LogP contribution in [0.4, 0.5) is 5.95 Å². The van der Waals surface area contributed by atoms with Crippen molar-refractivity contribution in [2.45, 2.75) is 6.54 Å². The number of carbonyl (C=O) groups excluding carboxylic acids is 1. The molecule has 0 aliphatic rings. The highest BCUT2D eigenvalue weighted by Crippen LogP contribution is 2.22. The fourth-order valence-corrected chi connectivity index (χ4v) is 2.82. The molecule has 2 aromatic heterocycles. The molecule has 2 aromatic carbocycles. The van der Waals surface area contributed by atoms with E-state index >= 15 is 0 Å². The molecule has 0 saturated carbocycles. The van der Waals surface area contributed by atoms with Gasteiger partial charge in [0.1, 0.15) is 5.76 Å². The second kappa shape index (κ2) is 7.47. The molecule has 6 nitrogen and oxygen atoms in total. The molecule has 0 bridgehead atoms. The Kier molecular flexibility index (Phi) is 4.72. The number of hydrogen-bond acceptors (Lipinski definition) is 5. The SMILES string of the molecule is O=C(c1ccccc1Cl)n1nc(-c2ccccc2)nc1NCc1ccco1. The first-order valence-corrected chi connectivity index (χ1v) is 8.68. The van der Waals surface area contributed by atoms with E-state index in [0.29, 0.717) is 28.9 Å². The summed E-state index contributed by atoms with van der Waals surface area (Å²) >= 11 is 6.19. The Balaban J connectivity index is 1.72. The lowest BCUT2D eigenvalue weighted by molar-refractivity contribution is 0.0947. The van der Waals surface area contributed by atoms with E-state index in [4.69, 9.17) is 16.0 Å². The zero-order valence-electron chi connectivity index (χ0n) is 14.2. The molecule has 0 saturated heterocycles. The lowest BCUT2D eigenvalue weighted by atomic mass is 10.2. The highest BCUT2D eigenvalue weighted by Gasteiger charge is 2.20. The van der Waals surface area contributed by atoms with E-state index in [-0.39, 0.29) is 5.91 Å². The van der Waals surface area contributed by atoms with Gasteiger partial charge in [0.15, 0.2) is 5.82 Å². The second-order valence-corrected chi connectivity index (χ2v) is 6.16. The molecule has 0 aliphatic carbocycles. The van der Waals surface area contributed by atoms with Crippen LogP contribution in [0.1, 0.15) is 16.1 Å². The molecule has 4 aromatic rings. The van der Waals surface area contributed by atoms with Crippen LogP contribution in [-0.2, 0) is 6.54 Å². The Bertz CT molecular complexity index is 1060. The first kappa shape index (κ1) is 17.1.